The van der Waals surface area contributed by atoms with E-state index in [1.165, 1.54) is 5.39 Å². The predicted octanol–water partition coefficient (Wildman–Crippen LogP) is 3.75. The summed E-state index contributed by atoms with van der Waals surface area (Å²) in [6, 6.07) is 10.3. The molecule has 0 aliphatic carbocycles. The summed E-state index contributed by atoms with van der Waals surface area (Å²) in [5.74, 6) is 1.09. The minimum atomic E-state index is 0.202. The molecule has 1 heterocycles. The van der Waals surface area contributed by atoms with E-state index in [2.05, 4.69) is 38.2 Å². The van der Waals surface area contributed by atoms with Gasteiger partial charge in [-0.2, -0.15) is 0 Å². The van der Waals surface area contributed by atoms with Crippen LogP contribution in [0.2, 0.25) is 0 Å². The Morgan fingerprint density at radius 3 is 2.65 bits per heavy atom. The highest BCUT2D eigenvalue weighted by Crippen LogP contribution is 2.19. The molecule has 92 valence electrons. The molecule has 2 rings (SSSR count). The van der Waals surface area contributed by atoms with E-state index in [-0.39, 0.29) is 5.54 Å². The molecule has 0 bridgehead atoms. The predicted molar refractivity (Wildman–Crippen MR) is 72.3 cm³/mol. The second-order valence-corrected chi connectivity index (χ2v) is 5.53. The first-order valence-corrected chi connectivity index (χ1v) is 6.27. The molecule has 0 atom stereocenters. The molecule has 2 heteroatoms. The number of benzene rings is 1. The molecule has 0 aliphatic rings. The molecule has 17 heavy (non-hydrogen) atoms. The van der Waals surface area contributed by atoms with Crippen LogP contribution in [-0.4, -0.2) is 12.1 Å². The number of fused-ring (bicyclic) bond motifs is 1. The van der Waals surface area contributed by atoms with Gasteiger partial charge >= 0.3 is 0 Å². The zero-order chi connectivity index (χ0) is 12.3. The fourth-order valence-electron chi connectivity index (χ4n) is 1.89. The van der Waals surface area contributed by atoms with Crippen LogP contribution in [0.5, 0.6) is 0 Å². The Kier molecular flexibility index (Phi) is 3.53. The minimum absolute atomic E-state index is 0.202. The summed E-state index contributed by atoms with van der Waals surface area (Å²) in [7, 11) is 0. The molecule has 0 aliphatic heterocycles. The van der Waals surface area contributed by atoms with Crippen LogP contribution >= 0.6 is 0 Å². The zero-order valence-corrected chi connectivity index (χ0v) is 10.9. The summed E-state index contributed by atoms with van der Waals surface area (Å²) in [6.07, 6.45) is 2.11. The standard InChI is InChI=1S/C15H21NO/c1-15(2,3)16-10-6-8-13-11-12-7-4-5-9-14(12)17-13/h4-5,7,9,11,16H,6,8,10H2,1-3H3. The van der Waals surface area contributed by atoms with Crippen molar-refractivity contribution in [2.24, 2.45) is 0 Å². The third-order valence-electron chi connectivity index (χ3n) is 2.73. The average molecular weight is 231 g/mol. The van der Waals surface area contributed by atoms with Crippen molar-refractivity contribution in [1.29, 1.82) is 0 Å². The lowest BCUT2D eigenvalue weighted by molar-refractivity contribution is 0.416. The molecule has 0 unspecified atom stereocenters. The summed E-state index contributed by atoms with van der Waals surface area (Å²) in [6.45, 7) is 7.59. The molecular weight excluding hydrogens is 210 g/mol. The van der Waals surface area contributed by atoms with Crippen molar-refractivity contribution in [2.45, 2.75) is 39.2 Å². The van der Waals surface area contributed by atoms with E-state index in [9.17, 15) is 0 Å². The van der Waals surface area contributed by atoms with Crippen LogP contribution in [-0.2, 0) is 6.42 Å². The third-order valence-corrected chi connectivity index (χ3v) is 2.73. The fraction of sp³-hybridized carbons (Fsp3) is 0.467. The van der Waals surface area contributed by atoms with Gasteiger partial charge in [0.05, 0.1) is 0 Å². The van der Waals surface area contributed by atoms with Gasteiger partial charge in [-0.3, -0.25) is 0 Å². The van der Waals surface area contributed by atoms with Crippen molar-refractivity contribution in [1.82, 2.24) is 5.32 Å². The largest absolute Gasteiger partial charge is 0.461 e. The van der Waals surface area contributed by atoms with Crippen LogP contribution in [0.4, 0.5) is 0 Å². The van der Waals surface area contributed by atoms with E-state index in [4.69, 9.17) is 4.42 Å². The lowest BCUT2D eigenvalue weighted by Gasteiger charge is -2.20. The quantitative estimate of drug-likeness (QED) is 0.811. The molecule has 2 aromatic rings. The molecular formula is C15H21NO. The van der Waals surface area contributed by atoms with Crippen LogP contribution < -0.4 is 5.32 Å². The first-order valence-electron chi connectivity index (χ1n) is 6.27. The van der Waals surface area contributed by atoms with Crippen molar-refractivity contribution in [3.05, 3.63) is 36.1 Å². The molecule has 0 amide bonds. The highest BCUT2D eigenvalue weighted by Gasteiger charge is 2.08. The molecule has 1 N–H and O–H groups in total. The van der Waals surface area contributed by atoms with Gasteiger partial charge in [-0.15, -0.1) is 0 Å². The number of hydrogen-bond donors (Lipinski definition) is 1. The van der Waals surface area contributed by atoms with E-state index in [0.717, 1.165) is 30.7 Å². The zero-order valence-electron chi connectivity index (χ0n) is 10.9. The summed E-state index contributed by atoms with van der Waals surface area (Å²) in [5, 5.41) is 4.68. The Morgan fingerprint density at radius 1 is 1.18 bits per heavy atom. The second kappa shape index (κ2) is 4.92. The first kappa shape index (κ1) is 12.2. The van der Waals surface area contributed by atoms with Gasteiger partial charge in [-0.25, -0.2) is 0 Å². The number of aryl methyl sites for hydroxylation is 1. The molecule has 0 radical (unpaired) electrons. The van der Waals surface area contributed by atoms with E-state index in [1.807, 2.05) is 18.2 Å². The number of nitrogens with one attached hydrogen (secondary N) is 1. The molecule has 0 saturated heterocycles. The van der Waals surface area contributed by atoms with Crippen molar-refractivity contribution >= 4 is 11.0 Å². The normalized spacial score (nSPS) is 12.2. The van der Waals surface area contributed by atoms with E-state index in [0.29, 0.717) is 0 Å². The van der Waals surface area contributed by atoms with Gasteiger partial charge in [0, 0.05) is 17.3 Å². The van der Waals surface area contributed by atoms with Gasteiger partial charge in [0.2, 0.25) is 0 Å². The maximum atomic E-state index is 5.77. The van der Waals surface area contributed by atoms with Crippen molar-refractivity contribution in [3.63, 3.8) is 0 Å². The van der Waals surface area contributed by atoms with E-state index >= 15 is 0 Å². The van der Waals surface area contributed by atoms with E-state index < -0.39 is 0 Å². The van der Waals surface area contributed by atoms with Crippen molar-refractivity contribution in [3.8, 4) is 0 Å². The van der Waals surface area contributed by atoms with Crippen molar-refractivity contribution in [2.75, 3.05) is 6.54 Å². The molecule has 1 aromatic heterocycles. The maximum absolute atomic E-state index is 5.77. The topological polar surface area (TPSA) is 25.2 Å². The van der Waals surface area contributed by atoms with Crippen molar-refractivity contribution < 1.29 is 4.42 Å². The Morgan fingerprint density at radius 2 is 1.94 bits per heavy atom. The number of para-hydroxylation sites is 1. The van der Waals surface area contributed by atoms with Crippen LogP contribution in [0, 0.1) is 0 Å². The summed E-state index contributed by atoms with van der Waals surface area (Å²) >= 11 is 0. The molecule has 0 spiro atoms. The van der Waals surface area contributed by atoms with Gasteiger partial charge in [-0.05, 0) is 45.9 Å². The van der Waals surface area contributed by atoms with Crippen LogP contribution in [0.15, 0.2) is 34.7 Å². The monoisotopic (exact) mass is 231 g/mol. The van der Waals surface area contributed by atoms with Crippen LogP contribution in [0.1, 0.15) is 33.0 Å². The number of rotatable bonds is 4. The van der Waals surface area contributed by atoms with Crippen LogP contribution in [0.25, 0.3) is 11.0 Å². The number of hydrogen-bond acceptors (Lipinski definition) is 2. The van der Waals surface area contributed by atoms with Gasteiger partial charge in [0.15, 0.2) is 0 Å². The fourth-order valence-corrected chi connectivity index (χ4v) is 1.89. The lowest BCUT2D eigenvalue weighted by Crippen LogP contribution is -2.36. The Balaban J connectivity index is 1.87. The highest BCUT2D eigenvalue weighted by atomic mass is 16.3. The molecule has 0 fully saturated rings. The Bertz CT molecular complexity index is 446. The second-order valence-electron chi connectivity index (χ2n) is 5.53. The third kappa shape index (κ3) is 3.60. The van der Waals surface area contributed by atoms with Gasteiger partial charge in [-0.1, -0.05) is 18.2 Å². The first-order chi connectivity index (χ1) is 8.04. The van der Waals surface area contributed by atoms with Crippen LogP contribution in [0.3, 0.4) is 0 Å². The van der Waals surface area contributed by atoms with Gasteiger partial charge in [0.25, 0.3) is 0 Å². The van der Waals surface area contributed by atoms with Gasteiger partial charge in [0.1, 0.15) is 11.3 Å². The smallest absolute Gasteiger partial charge is 0.134 e. The lowest BCUT2D eigenvalue weighted by atomic mass is 10.1. The van der Waals surface area contributed by atoms with Gasteiger partial charge < -0.3 is 9.73 Å². The SMILES string of the molecule is CC(C)(C)NCCCc1cc2ccccc2o1. The molecule has 0 saturated carbocycles. The Hall–Kier alpha value is -1.28. The summed E-state index contributed by atoms with van der Waals surface area (Å²) < 4.78 is 5.77. The highest BCUT2D eigenvalue weighted by molar-refractivity contribution is 5.77. The molecule has 1 aromatic carbocycles. The summed E-state index contributed by atoms with van der Waals surface area (Å²) in [4.78, 5) is 0. The minimum Gasteiger partial charge on any atom is -0.461 e. The summed E-state index contributed by atoms with van der Waals surface area (Å²) in [5.41, 5.74) is 1.19. The maximum Gasteiger partial charge on any atom is 0.134 e. The van der Waals surface area contributed by atoms with E-state index in [1.54, 1.807) is 0 Å². The average Bonchev–Trinajstić information content (AvgIpc) is 2.65. The Labute approximate surface area is 103 Å². The molecule has 2 nitrogen and oxygen atoms in total. The number of furan rings is 1.